The number of nitrogens with zero attached hydrogens (tertiary/aromatic N) is 3. The number of hydrogen-bond donors (Lipinski definition) is 2. The quantitative estimate of drug-likeness (QED) is 0.586. The van der Waals surface area contributed by atoms with Crippen LogP contribution in [0.15, 0.2) is 53.4 Å². The summed E-state index contributed by atoms with van der Waals surface area (Å²) in [5, 5.41) is 3.28. The first-order valence-corrected chi connectivity index (χ1v) is 11.9. The van der Waals surface area contributed by atoms with E-state index in [-0.39, 0.29) is 4.90 Å². The normalized spacial score (nSPS) is 14.3. The molecule has 4 rings (SSSR count). The lowest BCUT2D eigenvalue weighted by Crippen LogP contribution is -2.37. The van der Waals surface area contributed by atoms with Crippen LogP contribution in [0.4, 0.5) is 23.1 Å². The van der Waals surface area contributed by atoms with E-state index in [2.05, 4.69) is 24.9 Å². The molecule has 1 aromatic heterocycles. The highest BCUT2D eigenvalue weighted by Gasteiger charge is 2.17. The number of rotatable bonds is 6. The number of aryl methyl sites for hydroxylation is 3. The van der Waals surface area contributed by atoms with Crippen LogP contribution in [0.2, 0.25) is 0 Å². The molecule has 0 saturated carbocycles. The van der Waals surface area contributed by atoms with Crippen LogP contribution in [0, 0.1) is 20.8 Å². The number of nitrogens with one attached hydrogen (secondary N) is 2. The highest BCUT2D eigenvalue weighted by atomic mass is 32.2. The Morgan fingerprint density at radius 3 is 2.28 bits per heavy atom. The highest BCUT2D eigenvalue weighted by molar-refractivity contribution is 7.92. The zero-order chi connectivity index (χ0) is 22.7. The molecule has 32 heavy (non-hydrogen) atoms. The standard InChI is InChI=1S/C23H27N5O3S/c1-16-4-9-21(17(2)14-16)32(29,30)27-20-7-5-19(6-8-20)25-22-15-18(3)24-23(26-22)28-10-12-31-13-11-28/h4-9,14-15,27H,10-13H2,1-3H3,(H,24,25,26). The third-order valence-corrected chi connectivity index (χ3v) is 6.71. The molecule has 0 aliphatic carbocycles. The molecule has 1 fully saturated rings. The van der Waals surface area contributed by atoms with Crippen LogP contribution in [0.5, 0.6) is 0 Å². The van der Waals surface area contributed by atoms with Gasteiger partial charge in [0, 0.05) is 36.2 Å². The Bertz CT molecular complexity index is 1210. The lowest BCUT2D eigenvalue weighted by molar-refractivity contribution is 0.122. The summed E-state index contributed by atoms with van der Waals surface area (Å²) < 4.78 is 33.6. The summed E-state index contributed by atoms with van der Waals surface area (Å²) in [6.07, 6.45) is 0. The summed E-state index contributed by atoms with van der Waals surface area (Å²) in [6, 6.07) is 14.2. The van der Waals surface area contributed by atoms with Gasteiger partial charge in [-0.3, -0.25) is 4.72 Å². The molecule has 3 aromatic rings. The van der Waals surface area contributed by atoms with Gasteiger partial charge < -0.3 is 15.0 Å². The van der Waals surface area contributed by atoms with Crippen LogP contribution in [-0.4, -0.2) is 44.7 Å². The van der Waals surface area contributed by atoms with Gasteiger partial charge in [-0.2, -0.15) is 4.98 Å². The van der Waals surface area contributed by atoms with Gasteiger partial charge in [-0.15, -0.1) is 0 Å². The van der Waals surface area contributed by atoms with Gasteiger partial charge in [0.2, 0.25) is 5.95 Å². The second-order valence-corrected chi connectivity index (χ2v) is 9.52. The molecular weight excluding hydrogens is 426 g/mol. The Kier molecular flexibility index (Phi) is 6.29. The minimum atomic E-state index is -3.66. The molecule has 168 valence electrons. The molecule has 2 N–H and O–H groups in total. The van der Waals surface area contributed by atoms with Gasteiger partial charge in [0.05, 0.1) is 18.1 Å². The first-order valence-electron chi connectivity index (χ1n) is 10.5. The van der Waals surface area contributed by atoms with Gasteiger partial charge in [-0.1, -0.05) is 17.7 Å². The van der Waals surface area contributed by atoms with Crippen molar-refractivity contribution < 1.29 is 13.2 Å². The summed E-state index contributed by atoms with van der Waals surface area (Å²) in [5.74, 6) is 1.36. The summed E-state index contributed by atoms with van der Waals surface area (Å²) in [7, 11) is -3.66. The third-order valence-electron chi connectivity index (χ3n) is 5.17. The SMILES string of the molecule is Cc1ccc(S(=O)(=O)Nc2ccc(Nc3cc(C)nc(N4CCOCC4)n3)cc2)c(C)c1. The van der Waals surface area contributed by atoms with Crippen molar-refractivity contribution in [1.29, 1.82) is 0 Å². The molecule has 0 atom stereocenters. The lowest BCUT2D eigenvalue weighted by Gasteiger charge is -2.27. The van der Waals surface area contributed by atoms with Crippen LogP contribution in [0.25, 0.3) is 0 Å². The van der Waals surface area contributed by atoms with Crippen molar-refractivity contribution in [2.45, 2.75) is 25.7 Å². The first-order chi connectivity index (χ1) is 15.3. The predicted octanol–water partition coefficient (Wildman–Crippen LogP) is 3.78. The van der Waals surface area contributed by atoms with E-state index in [0.717, 1.165) is 30.0 Å². The zero-order valence-electron chi connectivity index (χ0n) is 18.4. The van der Waals surface area contributed by atoms with Crippen molar-refractivity contribution in [3.63, 3.8) is 0 Å². The molecule has 2 heterocycles. The van der Waals surface area contributed by atoms with Gasteiger partial charge in [0.15, 0.2) is 0 Å². The van der Waals surface area contributed by atoms with E-state index < -0.39 is 10.0 Å². The number of anilines is 4. The van der Waals surface area contributed by atoms with Crippen molar-refractivity contribution in [2.24, 2.45) is 0 Å². The maximum atomic E-state index is 12.8. The van der Waals surface area contributed by atoms with Crippen LogP contribution in [0.3, 0.4) is 0 Å². The van der Waals surface area contributed by atoms with Crippen LogP contribution in [0.1, 0.15) is 16.8 Å². The van der Waals surface area contributed by atoms with Crippen LogP contribution < -0.4 is 14.9 Å². The molecule has 2 aromatic carbocycles. The molecule has 0 bridgehead atoms. The molecule has 9 heteroatoms. The highest BCUT2D eigenvalue weighted by Crippen LogP contribution is 2.24. The molecule has 1 saturated heterocycles. The van der Waals surface area contributed by atoms with Gasteiger partial charge in [0.1, 0.15) is 5.82 Å². The van der Waals surface area contributed by atoms with Crippen molar-refractivity contribution >= 4 is 33.2 Å². The predicted molar refractivity (Wildman–Crippen MR) is 126 cm³/mol. The molecule has 1 aliphatic heterocycles. The second kappa shape index (κ2) is 9.13. The smallest absolute Gasteiger partial charge is 0.262 e. The summed E-state index contributed by atoms with van der Waals surface area (Å²) >= 11 is 0. The Morgan fingerprint density at radius 2 is 1.59 bits per heavy atom. The molecular formula is C23H27N5O3S. The Morgan fingerprint density at radius 1 is 0.906 bits per heavy atom. The van der Waals surface area contributed by atoms with E-state index in [0.29, 0.717) is 36.2 Å². The zero-order valence-corrected chi connectivity index (χ0v) is 19.2. The van der Waals surface area contributed by atoms with Crippen LogP contribution in [-0.2, 0) is 14.8 Å². The molecule has 1 aliphatic rings. The molecule has 0 unspecified atom stereocenters. The van der Waals surface area contributed by atoms with Crippen molar-refractivity contribution in [3.05, 3.63) is 65.4 Å². The third kappa shape index (κ3) is 5.17. The fraction of sp³-hybridized carbons (Fsp3) is 0.304. The van der Waals surface area contributed by atoms with Gasteiger partial charge in [-0.05, 0) is 56.7 Å². The average molecular weight is 454 g/mol. The maximum absolute atomic E-state index is 12.8. The Hall–Kier alpha value is -3.17. The Balaban J connectivity index is 1.48. The number of sulfonamides is 1. The van der Waals surface area contributed by atoms with E-state index in [1.54, 1.807) is 31.2 Å². The van der Waals surface area contributed by atoms with E-state index in [1.165, 1.54) is 0 Å². The van der Waals surface area contributed by atoms with Crippen molar-refractivity contribution in [2.75, 3.05) is 41.2 Å². The minimum absolute atomic E-state index is 0.275. The summed E-state index contributed by atoms with van der Waals surface area (Å²) in [6.45, 7) is 8.52. The summed E-state index contributed by atoms with van der Waals surface area (Å²) in [4.78, 5) is 11.5. The van der Waals surface area contributed by atoms with Gasteiger partial charge in [0.25, 0.3) is 10.0 Å². The Labute approximate surface area is 188 Å². The number of aromatic nitrogens is 2. The van der Waals surface area contributed by atoms with Gasteiger partial charge in [-0.25, -0.2) is 13.4 Å². The number of ether oxygens (including phenoxy) is 1. The number of morpholine rings is 1. The maximum Gasteiger partial charge on any atom is 0.262 e. The first kappa shape index (κ1) is 22.0. The van der Waals surface area contributed by atoms with E-state index >= 15 is 0 Å². The van der Waals surface area contributed by atoms with E-state index in [4.69, 9.17) is 4.74 Å². The fourth-order valence-corrected chi connectivity index (χ4v) is 4.89. The topological polar surface area (TPSA) is 96.5 Å². The molecule has 0 radical (unpaired) electrons. The number of benzene rings is 2. The average Bonchev–Trinajstić information content (AvgIpc) is 2.75. The monoisotopic (exact) mass is 453 g/mol. The fourth-order valence-electron chi connectivity index (χ4n) is 3.60. The molecule has 0 spiro atoms. The lowest BCUT2D eigenvalue weighted by atomic mass is 10.2. The van der Waals surface area contributed by atoms with Crippen LogP contribution >= 0.6 is 0 Å². The van der Waals surface area contributed by atoms with Gasteiger partial charge >= 0.3 is 0 Å². The minimum Gasteiger partial charge on any atom is -0.378 e. The van der Waals surface area contributed by atoms with Crippen molar-refractivity contribution in [3.8, 4) is 0 Å². The summed E-state index contributed by atoms with van der Waals surface area (Å²) in [5.41, 5.74) is 3.88. The second-order valence-electron chi connectivity index (χ2n) is 7.87. The molecule has 0 amide bonds. The van der Waals surface area contributed by atoms with E-state index in [9.17, 15) is 8.42 Å². The van der Waals surface area contributed by atoms with E-state index in [1.807, 2.05) is 38.1 Å². The number of hydrogen-bond acceptors (Lipinski definition) is 7. The van der Waals surface area contributed by atoms with Crippen molar-refractivity contribution in [1.82, 2.24) is 9.97 Å². The molecule has 8 nitrogen and oxygen atoms in total. The largest absolute Gasteiger partial charge is 0.378 e.